The molecular formula is C15H20N2O4. The van der Waals surface area contributed by atoms with Crippen molar-refractivity contribution in [3.8, 4) is 0 Å². The Morgan fingerprint density at radius 3 is 2.29 bits per heavy atom. The van der Waals surface area contributed by atoms with Gasteiger partial charge >= 0.3 is 11.9 Å². The lowest BCUT2D eigenvalue weighted by molar-refractivity contribution is -0.139. The number of rotatable bonds is 3. The van der Waals surface area contributed by atoms with Crippen molar-refractivity contribution in [3.05, 3.63) is 35.4 Å². The maximum absolute atomic E-state index is 11.9. The van der Waals surface area contributed by atoms with Gasteiger partial charge in [-0.15, -0.1) is 0 Å². The van der Waals surface area contributed by atoms with E-state index < -0.39 is 17.6 Å². The summed E-state index contributed by atoms with van der Waals surface area (Å²) in [5.41, 5.74) is 6.56. The first-order valence-electron chi connectivity index (χ1n) is 6.83. The fraction of sp³-hybridized carbons (Fsp3) is 0.467. The summed E-state index contributed by atoms with van der Waals surface area (Å²) >= 11 is 0. The molecule has 2 rings (SSSR count). The molecule has 0 saturated carbocycles. The van der Waals surface area contributed by atoms with Crippen LogP contribution in [0.5, 0.6) is 0 Å². The number of ether oxygens (including phenoxy) is 1. The molecule has 114 valence electrons. The van der Waals surface area contributed by atoms with E-state index in [-0.39, 0.29) is 12.0 Å². The van der Waals surface area contributed by atoms with Crippen LogP contribution in [0.4, 0.5) is 0 Å². The predicted octanol–water partition coefficient (Wildman–Crippen LogP) is 1.63. The van der Waals surface area contributed by atoms with E-state index in [4.69, 9.17) is 9.84 Å². The zero-order valence-electron chi connectivity index (χ0n) is 12.3. The van der Waals surface area contributed by atoms with Crippen molar-refractivity contribution in [1.82, 2.24) is 10.9 Å². The van der Waals surface area contributed by atoms with Gasteiger partial charge in [0, 0.05) is 6.04 Å². The average Bonchev–Trinajstić information content (AvgIpc) is 2.86. The van der Waals surface area contributed by atoms with E-state index in [1.807, 2.05) is 32.9 Å². The monoisotopic (exact) mass is 292 g/mol. The molecule has 0 aromatic heterocycles. The summed E-state index contributed by atoms with van der Waals surface area (Å²) in [7, 11) is 0. The summed E-state index contributed by atoms with van der Waals surface area (Å²) in [5, 5.41) is 8.94. The minimum absolute atomic E-state index is 0.0845. The second-order valence-corrected chi connectivity index (χ2v) is 6.09. The first-order chi connectivity index (χ1) is 9.76. The number of hydrazine groups is 1. The van der Waals surface area contributed by atoms with E-state index in [1.54, 1.807) is 12.1 Å². The number of carbonyl (C=O) groups is 2. The molecule has 0 radical (unpaired) electrons. The second-order valence-electron chi connectivity index (χ2n) is 6.09. The Labute approximate surface area is 123 Å². The third kappa shape index (κ3) is 4.03. The lowest BCUT2D eigenvalue weighted by Crippen LogP contribution is -2.36. The molecule has 1 saturated heterocycles. The fourth-order valence-corrected chi connectivity index (χ4v) is 2.13. The zero-order valence-corrected chi connectivity index (χ0v) is 12.3. The standard InChI is InChI=1S/C15H20N2O4/c1-15(2,3)21-14(20)10-6-4-9(5-7-10)11-8-12(13(18)19)17-16-11/h4-7,11-12,16-17H,8H2,1-3H3,(H,18,19). The number of benzene rings is 1. The van der Waals surface area contributed by atoms with Crippen LogP contribution in [0.25, 0.3) is 0 Å². The predicted molar refractivity (Wildman–Crippen MR) is 76.7 cm³/mol. The summed E-state index contributed by atoms with van der Waals surface area (Å²) in [5.74, 6) is -1.25. The number of hydrogen-bond acceptors (Lipinski definition) is 5. The van der Waals surface area contributed by atoms with Gasteiger partial charge in [-0.05, 0) is 44.9 Å². The highest BCUT2D eigenvalue weighted by Crippen LogP contribution is 2.23. The largest absolute Gasteiger partial charge is 0.480 e. The number of carbonyl (C=O) groups excluding carboxylic acids is 1. The lowest BCUT2D eigenvalue weighted by Gasteiger charge is -2.19. The Hall–Kier alpha value is -1.92. The van der Waals surface area contributed by atoms with Crippen LogP contribution in [0.3, 0.4) is 0 Å². The molecule has 0 aliphatic carbocycles. The Kier molecular flexibility index (Phi) is 4.29. The van der Waals surface area contributed by atoms with Crippen molar-refractivity contribution in [1.29, 1.82) is 0 Å². The normalized spacial score (nSPS) is 22.0. The molecule has 21 heavy (non-hydrogen) atoms. The Morgan fingerprint density at radius 1 is 1.19 bits per heavy atom. The third-order valence-electron chi connectivity index (χ3n) is 3.15. The summed E-state index contributed by atoms with van der Waals surface area (Å²) < 4.78 is 5.29. The smallest absolute Gasteiger partial charge is 0.338 e. The molecule has 0 amide bonds. The highest BCUT2D eigenvalue weighted by molar-refractivity contribution is 5.89. The molecule has 0 bridgehead atoms. The maximum atomic E-state index is 11.9. The molecule has 0 spiro atoms. The topological polar surface area (TPSA) is 87.7 Å². The van der Waals surface area contributed by atoms with Gasteiger partial charge in [-0.3, -0.25) is 4.79 Å². The van der Waals surface area contributed by atoms with E-state index in [0.29, 0.717) is 12.0 Å². The molecule has 6 nitrogen and oxygen atoms in total. The quantitative estimate of drug-likeness (QED) is 0.734. The molecule has 2 atom stereocenters. The summed E-state index contributed by atoms with van der Waals surface area (Å²) in [6.45, 7) is 5.46. The van der Waals surface area contributed by atoms with Gasteiger partial charge < -0.3 is 9.84 Å². The molecule has 3 N–H and O–H groups in total. The number of carboxylic acid groups (broad SMARTS) is 1. The molecule has 1 aromatic carbocycles. The van der Waals surface area contributed by atoms with E-state index in [1.165, 1.54) is 0 Å². The van der Waals surface area contributed by atoms with Crippen molar-refractivity contribution >= 4 is 11.9 Å². The number of aliphatic carboxylic acids is 1. The van der Waals surface area contributed by atoms with Gasteiger partial charge in [0.2, 0.25) is 0 Å². The van der Waals surface area contributed by atoms with Gasteiger partial charge in [0.05, 0.1) is 5.56 Å². The summed E-state index contributed by atoms with van der Waals surface area (Å²) in [4.78, 5) is 22.8. The van der Waals surface area contributed by atoms with E-state index in [9.17, 15) is 9.59 Å². The minimum Gasteiger partial charge on any atom is -0.480 e. The van der Waals surface area contributed by atoms with Gasteiger partial charge in [0.1, 0.15) is 11.6 Å². The summed E-state index contributed by atoms with van der Waals surface area (Å²) in [6.07, 6.45) is 0.459. The Bertz CT molecular complexity index is 534. The molecular weight excluding hydrogens is 272 g/mol. The molecule has 1 aliphatic rings. The van der Waals surface area contributed by atoms with Crippen molar-refractivity contribution in [2.24, 2.45) is 0 Å². The first kappa shape index (κ1) is 15.5. The number of esters is 1. The van der Waals surface area contributed by atoms with Gasteiger partial charge in [0.25, 0.3) is 0 Å². The molecule has 1 aliphatic heterocycles. The van der Waals surface area contributed by atoms with Crippen LogP contribution in [0, 0.1) is 0 Å². The van der Waals surface area contributed by atoms with Crippen molar-refractivity contribution in [3.63, 3.8) is 0 Å². The Balaban J connectivity index is 2.03. The second kappa shape index (κ2) is 5.83. The van der Waals surface area contributed by atoms with Gasteiger partial charge in [-0.2, -0.15) is 0 Å². The molecule has 2 unspecified atom stereocenters. The third-order valence-corrected chi connectivity index (χ3v) is 3.15. The number of hydrogen-bond donors (Lipinski definition) is 3. The lowest BCUT2D eigenvalue weighted by atomic mass is 10.0. The first-order valence-corrected chi connectivity index (χ1v) is 6.83. The van der Waals surface area contributed by atoms with Crippen LogP contribution in [-0.4, -0.2) is 28.7 Å². The number of nitrogens with one attached hydrogen (secondary N) is 2. The van der Waals surface area contributed by atoms with Gasteiger partial charge in [0.15, 0.2) is 0 Å². The SMILES string of the molecule is CC(C)(C)OC(=O)c1ccc(C2CC(C(=O)O)NN2)cc1. The van der Waals surface area contributed by atoms with E-state index in [0.717, 1.165) is 5.56 Å². The Morgan fingerprint density at radius 2 is 1.81 bits per heavy atom. The zero-order chi connectivity index (χ0) is 15.6. The van der Waals surface area contributed by atoms with Gasteiger partial charge in [-0.1, -0.05) is 12.1 Å². The minimum atomic E-state index is -0.879. The molecule has 1 aromatic rings. The van der Waals surface area contributed by atoms with Crippen molar-refractivity contribution in [2.75, 3.05) is 0 Å². The van der Waals surface area contributed by atoms with Crippen LogP contribution in [0.2, 0.25) is 0 Å². The fourth-order valence-electron chi connectivity index (χ4n) is 2.13. The maximum Gasteiger partial charge on any atom is 0.338 e. The van der Waals surface area contributed by atoms with E-state index >= 15 is 0 Å². The van der Waals surface area contributed by atoms with Crippen LogP contribution < -0.4 is 10.9 Å². The molecule has 1 fully saturated rings. The molecule has 6 heteroatoms. The van der Waals surface area contributed by atoms with Crippen LogP contribution in [0.15, 0.2) is 24.3 Å². The van der Waals surface area contributed by atoms with Crippen molar-refractivity contribution < 1.29 is 19.4 Å². The highest BCUT2D eigenvalue weighted by Gasteiger charge is 2.29. The van der Waals surface area contributed by atoms with Crippen LogP contribution >= 0.6 is 0 Å². The highest BCUT2D eigenvalue weighted by atomic mass is 16.6. The molecule has 1 heterocycles. The van der Waals surface area contributed by atoms with Crippen LogP contribution in [0.1, 0.15) is 49.2 Å². The number of carboxylic acids is 1. The van der Waals surface area contributed by atoms with Gasteiger partial charge in [-0.25, -0.2) is 15.6 Å². The summed E-state index contributed by atoms with van der Waals surface area (Å²) in [6, 6.07) is 6.32. The van der Waals surface area contributed by atoms with E-state index in [2.05, 4.69) is 10.9 Å². The average molecular weight is 292 g/mol. The van der Waals surface area contributed by atoms with Crippen LogP contribution in [-0.2, 0) is 9.53 Å². The van der Waals surface area contributed by atoms with Crippen molar-refractivity contribution in [2.45, 2.75) is 44.9 Å².